The molecule has 3 rings (SSSR count). The molecule has 2 aliphatic heterocycles. The van der Waals surface area contributed by atoms with E-state index in [-0.39, 0.29) is 31.2 Å². The van der Waals surface area contributed by atoms with Crippen molar-refractivity contribution < 1.29 is 33.3 Å². The van der Waals surface area contributed by atoms with E-state index < -0.39 is 17.7 Å². The molecule has 2 amide bonds. The molecule has 0 saturated carbocycles. The van der Waals surface area contributed by atoms with Crippen LogP contribution in [-0.4, -0.2) is 71.9 Å². The minimum absolute atomic E-state index is 0.0686. The second-order valence-electron chi connectivity index (χ2n) is 8.04. The Balaban J connectivity index is 1.56. The van der Waals surface area contributed by atoms with Crippen LogP contribution in [-0.2, 0) is 30.3 Å². The van der Waals surface area contributed by atoms with Gasteiger partial charge in [0.25, 0.3) is 5.91 Å². The van der Waals surface area contributed by atoms with E-state index in [0.29, 0.717) is 37.7 Å². The molecule has 9 nitrogen and oxygen atoms in total. The first kappa shape index (κ1) is 24.7. The van der Waals surface area contributed by atoms with Gasteiger partial charge in [-0.25, -0.2) is 0 Å². The molecular weight excluding hydrogens is 531 g/mol. The third-order valence-corrected chi connectivity index (χ3v) is 5.53. The van der Waals surface area contributed by atoms with Crippen molar-refractivity contribution in [1.29, 1.82) is 0 Å². The lowest BCUT2D eigenvalue weighted by atomic mass is 10.1. The van der Waals surface area contributed by atoms with E-state index in [1.54, 1.807) is 26.0 Å². The van der Waals surface area contributed by atoms with E-state index in [2.05, 4.69) is 27.9 Å². The fraction of sp³-hybridized carbons (Fsp3) is 0.591. The van der Waals surface area contributed by atoms with Gasteiger partial charge in [0.05, 0.1) is 26.4 Å². The summed E-state index contributed by atoms with van der Waals surface area (Å²) in [5.41, 5.74) is 0.211. The normalized spacial score (nSPS) is 20.3. The van der Waals surface area contributed by atoms with Crippen molar-refractivity contribution in [3.8, 4) is 5.75 Å². The summed E-state index contributed by atoms with van der Waals surface area (Å²) in [6.45, 7) is 6.10. The summed E-state index contributed by atoms with van der Waals surface area (Å²) in [6.07, 6.45) is 0.280. The Morgan fingerprint density at radius 2 is 1.84 bits per heavy atom. The Bertz CT molecular complexity index is 846. The lowest BCUT2D eigenvalue weighted by Crippen LogP contribution is -2.56. The fourth-order valence-corrected chi connectivity index (χ4v) is 3.99. The first-order valence-corrected chi connectivity index (χ1v) is 12.2. The highest BCUT2D eigenvalue weighted by Gasteiger charge is 2.40. The molecule has 1 aromatic rings. The highest BCUT2D eigenvalue weighted by atomic mass is 127. The van der Waals surface area contributed by atoms with Gasteiger partial charge >= 0.3 is 5.97 Å². The van der Waals surface area contributed by atoms with Gasteiger partial charge in [-0.2, -0.15) is 0 Å². The lowest BCUT2D eigenvalue weighted by molar-refractivity contribution is -0.165. The number of esters is 1. The van der Waals surface area contributed by atoms with E-state index in [1.807, 2.05) is 6.07 Å². The number of ether oxygens (including phenoxy) is 4. The molecule has 1 saturated heterocycles. The summed E-state index contributed by atoms with van der Waals surface area (Å²) in [5, 5.41) is 2.71. The predicted octanol–water partition coefficient (Wildman–Crippen LogP) is 2.05. The van der Waals surface area contributed by atoms with Crippen molar-refractivity contribution in [3.63, 3.8) is 0 Å². The molecule has 0 spiro atoms. The van der Waals surface area contributed by atoms with Crippen molar-refractivity contribution in [2.24, 2.45) is 0 Å². The summed E-state index contributed by atoms with van der Waals surface area (Å²) < 4.78 is 22.7. The molecule has 10 heteroatoms. The Kier molecular flexibility index (Phi) is 8.72. The number of nitrogens with one attached hydrogen (secondary N) is 1. The molecule has 0 bridgehead atoms. The van der Waals surface area contributed by atoms with Crippen LogP contribution in [0.4, 0.5) is 0 Å². The molecule has 0 aromatic heterocycles. The Morgan fingerprint density at radius 3 is 2.59 bits per heavy atom. The molecule has 176 valence electrons. The van der Waals surface area contributed by atoms with Gasteiger partial charge in [0.2, 0.25) is 5.91 Å². The van der Waals surface area contributed by atoms with E-state index in [0.717, 1.165) is 16.6 Å². The zero-order chi connectivity index (χ0) is 23.1. The van der Waals surface area contributed by atoms with Crippen LogP contribution in [0, 0.1) is 0 Å². The van der Waals surface area contributed by atoms with Gasteiger partial charge in [0, 0.05) is 23.0 Å². The summed E-state index contributed by atoms with van der Waals surface area (Å²) >= 11 is 2.25. The number of hydrogen-bond donors (Lipinski definition) is 1. The van der Waals surface area contributed by atoms with Crippen molar-refractivity contribution in [2.45, 2.75) is 45.0 Å². The summed E-state index contributed by atoms with van der Waals surface area (Å²) in [7, 11) is 0. The van der Waals surface area contributed by atoms with Gasteiger partial charge in [0.15, 0.2) is 5.72 Å². The van der Waals surface area contributed by atoms with Gasteiger partial charge in [0.1, 0.15) is 18.4 Å². The predicted molar refractivity (Wildman–Crippen MR) is 124 cm³/mol. The van der Waals surface area contributed by atoms with E-state index in [1.165, 1.54) is 4.90 Å². The van der Waals surface area contributed by atoms with Crippen LogP contribution in [0.2, 0.25) is 0 Å². The quantitative estimate of drug-likeness (QED) is 0.202. The summed E-state index contributed by atoms with van der Waals surface area (Å²) in [5.74, 6) is -0.332. The second-order valence-corrected chi connectivity index (χ2v) is 9.12. The molecule has 0 radical (unpaired) electrons. The number of nitrogens with zero attached hydrogens (tertiary/aromatic N) is 1. The van der Waals surface area contributed by atoms with Crippen LogP contribution in [0.3, 0.4) is 0 Å². The monoisotopic (exact) mass is 560 g/mol. The highest BCUT2D eigenvalue weighted by Crippen LogP contribution is 2.30. The third kappa shape index (κ3) is 6.55. The van der Waals surface area contributed by atoms with Crippen LogP contribution in [0.15, 0.2) is 18.2 Å². The first-order valence-electron chi connectivity index (χ1n) is 10.6. The van der Waals surface area contributed by atoms with Gasteiger partial charge in [-0.05, 0) is 44.0 Å². The van der Waals surface area contributed by atoms with Gasteiger partial charge in [-0.1, -0.05) is 22.6 Å². The fourth-order valence-electron chi connectivity index (χ4n) is 3.68. The Morgan fingerprint density at radius 1 is 1.12 bits per heavy atom. The largest absolute Gasteiger partial charge is 0.491 e. The van der Waals surface area contributed by atoms with Crippen molar-refractivity contribution >= 4 is 40.4 Å². The number of hydrogen-bond acceptors (Lipinski definition) is 7. The van der Waals surface area contributed by atoms with Crippen molar-refractivity contribution in [1.82, 2.24) is 10.2 Å². The maximum absolute atomic E-state index is 13.0. The van der Waals surface area contributed by atoms with Gasteiger partial charge in [-0.3, -0.25) is 14.4 Å². The number of carbonyl (C=O) groups is 3. The second kappa shape index (κ2) is 11.3. The molecule has 1 atom stereocenters. The Hall–Kier alpha value is -1.92. The Labute approximate surface area is 201 Å². The highest BCUT2D eigenvalue weighted by molar-refractivity contribution is 14.1. The molecule has 2 heterocycles. The van der Waals surface area contributed by atoms with E-state index >= 15 is 0 Å². The summed E-state index contributed by atoms with van der Waals surface area (Å²) in [6, 6.07) is 4.53. The third-order valence-electron chi connectivity index (χ3n) is 5.09. The minimum atomic E-state index is -1.12. The molecule has 1 unspecified atom stereocenters. The number of cyclic esters (lactones) is 1. The van der Waals surface area contributed by atoms with Crippen molar-refractivity contribution in [2.75, 3.05) is 37.5 Å². The molecule has 32 heavy (non-hydrogen) atoms. The zero-order valence-corrected chi connectivity index (χ0v) is 20.5. The van der Waals surface area contributed by atoms with E-state index in [9.17, 15) is 14.4 Å². The van der Waals surface area contributed by atoms with Gasteiger partial charge < -0.3 is 29.2 Å². The molecular formula is C22H29IN2O7. The number of rotatable bonds is 10. The number of alkyl halides is 1. The topological polar surface area (TPSA) is 103 Å². The van der Waals surface area contributed by atoms with Crippen molar-refractivity contribution in [3.05, 3.63) is 29.3 Å². The zero-order valence-electron chi connectivity index (χ0n) is 18.4. The number of halogens is 1. The number of carbonyl (C=O) groups excluding carboxylic acids is 3. The van der Waals surface area contributed by atoms with Crippen LogP contribution in [0.1, 0.15) is 42.6 Å². The standard InChI is InChI=1S/C22H29IN2O7/c1-22(2)24-20(27)18(5-6-19(26)32-22)25-14-15-13-16(3-4-17(15)21(25)28)31-12-11-30-10-9-29-8-7-23/h3-4,13,18H,5-12,14H2,1-2H3,(H,24,27). The number of fused-ring (bicyclic) bond motifs is 1. The summed E-state index contributed by atoms with van der Waals surface area (Å²) in [4.78, 5) is 39.2. The van der Waals surface area contributed by atoms with Gasteiger partial charge in [-0.15, -0.1) is 0 Å². The molecule has 2 aliphatic rings. The molecule has 0 aliphatic carbocycles. The van der Waals surface area contributed by atoms with Crippen LogP contribution >= 0.6 is 22.6 Å². The van der Waals surface area contributed by atoms with Crippen LogP contribution in [0.5, 0.6) is 5.75 Å². The first-order chi connectivity index (χ1) is 15.3. The average Bonchev–Trinajstić information content (AvgIpc) is 3.04. The van der Waals surface area contributed by atoms with Crippen LogP contribution < -0.4 is 10.1 Å². The maximum atomic E-state index is 13.0. The molecule has 1 fully saturated rings. The average molecular weight is 560 g/mol. The van der Waals surface area contributed by atoms with Crippen LogP contribution in [0.25, 0.3) is 0 Å². The lowest BCUT2D eigenvalue weighted by Gasteiger charge is -2.34. The number of amides is 2. The molecule has 1 aromatic carbocycles. The molecule has 1 N–H and O–H groups in total. The maximum Gasteiger partial charge on any atom is 0.307 e. The minimum Gasteiger partial charge on any atom is -0.491 e. The van der Waals surface area contributed by atoms with E-state index in [4.69, 9.17) is 18.9 Å². The smallest absolute Gasteiger partial charge is 0.307 e. The SMILES string of the molecule is CC1(C)NC(=O)C(N2Cc3cc(OCCOCCOCCI)ccc3C2=O)CCC(=O)O1. The number of benzene rings is 1.